The molecule has 178 valence electrons. The fourth-order valence-corrected chi connectivity index (χ4v) is 4.12. The molecule has 0 bridgehead atoms. The Morgan fingerprint density at radius 2 is 1.94 bits per heavy atom. The maximum atomic E-state index is 12.9. The molecule has 1 aliphatic rings. The van der Waals surface area contributed by atoms with Gasteiger partial charge in [-0.15, -0.1) is 0 Å². The van der Waals surface area contributed by atoms with Crippen LogP contribution in [0.5, 0.6) is 0 Å². The van der Waals surface area contributed by atoms with Gasteiger partial charge in [0, 0.05) is 41.7 Å². The van der Waals surface area contributed by atoms with Gasteiger partial charge in [0.05, 0.1) is 11.9 Å². The summed E-state index contributed by atoms with van der Waals surface area (Å²) in [5.41, 5.74) is 10.8. The number of benzene rings is 1. The van der Waals surface area contributed by atoms with Crippen LogP contribution in [0.4, 0.5) is 8.78 Å². The number of nitrogens with zero attached hydrogens (tertiary/aromatic N) is 3. The standard InChI is InChI=1S/C23H28F2N6.C2H6/c1-14-28-12-21(29-14)18(11-22(26)27-2)20-10-17-9-15(3-4-19(17)30-20)13-31-7-5-16(6-8-31)23(24)25;1-2/h3-4,9-12,16,23,30H,5-8,13H2,1-2H3,(H2,26,27)(H,28,29);1-2H3/b18-11-;. The first-order valence-electron chi connectivity index (χ1n) is 11.5. The van der Waals surface area contributed by atoms with Gasteiger partial charge >= 0.3 is 0 Å². The fraction of sp³-hybridized carbons (Fsp3) is 0.440. The highest BCUT2D eigenvalue weighted by Crippen LogP contribution is 2.28. The Balaban J connectivity index is 0.00000149. The van der Waals surface area contributed by atoms with E-state index >= 15 is 0 Å². The van der Waals surface area contributed by atoms with Gasteiger partial charge in [0.2, 0.25) is 6.43 Å². The van der Waals surface area contributed by atoms with Crippen molar-refractivity contribution in [2.75, 3.05) is 20.1 Å². The molecule has 0 amide bonds. The summed E-state index contributed by atoms with van der Waals surface area (Å²) in [4.78, 5) is 17.3. The first-order chi connectivity index (χ1) is 15.9. The van der Waals surface area contributed by atoms with Crippen molar-refractivity contribution in [2.45, 2.75) is 46.6 Å². The smallest absolute Gasteiger partial charge is 0.241 e. The van der Waals surface area contributed by atoms with Crippen LogP contribution in [0.2, 0.25) is 0 Å². The molecule has 0 radical (unpaired) electrons. The lowest BCUT2D eigenvalue weighted by Crippen LogP contribution is -2.35. The number of nitrogens with two attached hydrogens (primary N) is 1. The van der Waals surface area contributed by atoms with E-state index in [1.165, 1.54) is 5.56 Å². The molecule has 6 nitrogen and oxygen atoms in total. The SMILES string of the molecule is CC.CN=C(N)/C=C(\c1cnc(C)[nH]1)c1cc2cc(CN3CCC(C(F)F)CC3)ccc2[nH]1. The van der Waals surface area contributed by atoms with Crippen molar-refractivity contribution in [3.05, 3.63) is 59.3 Å². The number of aryl methyl sites for hydroxylation is 1. The van der Waals surface area contributed by atoms with Gasteiger partial charge in [-0.2, -0.15) is 0 Å². The zero-order chi connectivity index (χ0) is 24.0. The van der Waals surface area contributed by atoms with Gasteiger partial charge in [-0.05, 0) is 62.7 Å². The zero-order valence-corrected chi connectivity index (χ0v) is 19.8. The Hall–Kier alpha value is -3.00. The molecule has 0 atom stereocenters. The summed E-state index contributed by atoms with van der Waals surface area (Å²) in [6.07, 6.45) is 2.53. The van der Waals surface area contributed by atoms with E-state index in [9.17, 15) is 8.78 Å². The lowest BCUT2D eigenvalue weighted by Gasteiger charge is -2.31. The number of rotatable bonds is 6. The van der Waals surface area contributed by atoms with Crippen molar-refractivity contribution in [3.63, 3.8) is 0 Å². The number of piperidine rings is 1. The molecular formula is C25H34F2N6. The third-order valence-electron chi connectivity index (χ3n) is 5.91. The maximum Gasteiger partial charge on any atom is 0.241 e. The molecule has 1 saturated heterocycles. The minimum atomic E-state index is -2.20. The van der Waals surface area contributed by atoms with Crippen molar-refractivity contribution in [1.82, 2.24) is 19.9 Å². The monoisotopic (exact) mass is 456 g/mol. The zero-order valence-electron chi connectivity index (χ0n) is 19.8. The number of nitrogens with one attached hydrogen (secondary N) is 2. The van der Waals surface area contributed by atoms with Gasteiger partial charge in [0.15, 0.2) is 0 Å². The molecule has 1 aromatic carbocycles. The molecule has 0 unspecified atom stereocenters. The number of likely N-dealkylation sites (tertiary alicyclic amines) is 1. The van der Waals surface area contributed by atoms with Crippen molar-refractivity contribution in [3.8, 4) is 0 Å². The Labute approximate surface area is 194 Å². The second-order valence-corrected chi connectivity index (χ2v) is 8.14. The average molecular weight is 457 g/mol. The van der Waals surface area contributed by atoms with Crippen LogP contribution in [0.3, 0.4) is 0 Å². The summed E-state index contributed by atoms with van der Waals surface area (Å²) in [5, 5.41) is 1.09. The van der Waals surface area contributed by atoms with E-state index in [0.29, 0.717) is 31.8 Å². The van der Waals surface area contributed by atoms with Gasteiger partial charge in [-0.25, -0.2) is 13.8 Å². The van der Waals surface area contributed by atoms with E-state index in [0.717, 1.165) is 40.2 Å². The molecule has 1 fully saturated rings. The van der Waals surface area contributed by atoms with Gasteiger partial charge < -0.3 is 15.7 Å². The largest absolute Gasteiger partial charge is 0.384 e. The predicted molar refractivity (Wildman–Crippen MR) is 132 cm³/mol. The number of imidazole rings is 1. The van der Waals surface area contributed by atoms with Crippen LogP contribution >= 0.6 is 0 Å². The van der Waals surface area contributed by atoms with Crippen molar-refractivity contribution in [2.24, 2.45) is 16.6 Å². The van der Waals surface area contributed by atoms with Crippen LogP contribution in [0.25, 0.3) is 16.5 Å². The van der Waals surface area contributed by atoms with E-state index in [2.05, 4.69) is 49.1 Å². The molecule has 3 heterocycles. The van der Waals surface area contributed by atoms with Gasteiger partial charge in [-0.3, -0.25) is 9.89 Å². The summed E-state index contributed by atoms with van der Waals surface area (Å²) in [5.74, 6) is 0.789. The van der Waals surface area contributed by atoms with E-state index in [1.807, 2.05) is 26.8 Å². The first kappa shape index (κ1) is 24.6. The Morgan fingerprint density at radius 3 is 2.55 bits per heavy atom. The molecular weight excluding hydrogens is 422 g/mol. The summed E-state index contributed by atoms with van der Waals surface area (Å²) >= 11 is 0. The quantitative estimate of drug-likeness (QED) is 0.355. The van der Waals surface area contributed by atoms with Gasteiger partial charge in [0.25, 0.3) is 0 Å². The maximum absolute atomic E-state index is 12.9. The number of halogens is 2. The highest BCUT2D eigenvalue weighted by molar-refractivity contribution is 6.01. The van der Waals surface area contributed by atoms with E-state index in [4.69, 9.17) is 5.73 Å². The molecule has 0 aliphatic carbocycles. The number of H-pyrrole nitrogens is 2. The second kappa shape index (κ2) is 11.2. The normalized spacial score (nSPS) is 16.3. The first-order valence-corrected chi connectivity index (χ1v) is 11.5. The number of aromatic nitrogens is 3. The number of aromatic amines is 2. The fourth-order valence-electron chi connectivity index (χ4n) is 4.12. The molecule has 2 aromatic heterocycles. The molecule has 3 aromatic rings. The topological polar surface area (TPSA) is 86.1 Å². The Kier molecular flexibility index (Phi) is 8.38. The molecule has 4 N–H and O–H groups in total. The van der Waals surface area contributed by atoms with Crippen LogP contribution in [0.1, 0.15) is 49.5 Å². The summed E-state index contributed by atoms with van der Waals surface area (Å²) < 4.78 is 25.8. The number of amidine groups is 1. The lowest BCUT2D eigenvalue weighted by molar-refractivity contribution is 0.0336. The molecule has 33 heavy (non-hydrogen) atoms. The van der Waals surface area contributed by atoms with Gasteiger partial charge in [-0.1, -0.05) is 19.9 Å². The second-order valence-electron chi connectivity index (χ2n) is 8.14. The van der Waals surface area contributed by atoms with E-state index in [-0.39, 0.29) is 0 Å². The number of alkyl halides is 2. The van der Waals surface area contributed by atoms with Crippen molar-refractivity contribution in [1.29, 1.82) is 0 Å². The summed E-state index contributed by atoms with van der Waals surface area (Å²) in [6.45, 7) is 8.10. The third-order valence-corrected chi connectivity index (χ3v) is 5.91. The average Bonchev–Trinajstić information content (AvgIpc) is 3.44. The third kappa shape index (κ3) is 6.07. The van der Waals surface area contributed by atoms with Gasteiger partial charge in [0.1, 0.15) is 11.7 Å². The lowest BCUT2D eigenvalue weighted by atomic mass is 9.97. The summed E-state index contributed by atoms with van der Waals surface area (Å²) in [7, 11) is 1.66. The van der Waals surface area contributed by atoms with Crippen molar-refractivity contribution < 1.29 is 8.78 Å². The highest BCUT2D eigenvalue weighted by Gasteiger charge is 2.26. The van der Waals surface area contributed by atoms with Crippen LogP contribution < -0.4 is 5.73 Å². The minimum absolute atomic E-state index is 0.425. The number of fused-ring (bicyclic) bond motifs is 1. The molecule has 0 spiro atoms. The van der Waals surface area contributed by atoms with E-state index in [1.54, 1.807) is 13.2 Å². The predicted octanol–water partition coefficient (Wildman–Crippen LogP) is 5.12. The van der Waals surface area contributed by atoms with Crippen LogP contribution in [-0.2, 0) is 6.54 Å². The number of hydrogen-bond acceptors (Lipinski definition) is 3. The van der Waals surface area contributed by atoms with E-state index < -0.39 is 12.3 Å². The Morgan fingerprint density at radius 1 is 1.21 bits per heavy atom. The molecule has 0 saturated carbocycles. The highest BCUT2D eigenvalue weighted by atomic mass is 19.3. The van der Waals surface area contributed by atoms with Crippen molar-refractivity contribution >= 4 is 22.3 Å². The van der Waals surface area contributed by atoms with Crippen LogP contribution in [0.15, 0.2) is 41.5 Å². The molecule has 4 rings (SSSR count). The molecule has 8 heteroatoms. The number of aliphatic imine (C=N–C) groups is 1. The number of hydrogen-bond donors (Lipinski definition) is 3. The Bertz CT molecular complexity index is 1100. The molecule has 1 aliphatic heterocycles. The minimum Gasteiger partial charge on any atom is -0.384 e. The summed E-state index contributed by atoms with van der Waals surface area (Å²) in [6, 6.07) is 8.40. The van der Waals surface area contributed by atoms with Crippen LogP contribution in [0, 0.1) is 12.8 Å². The van der Waals surface area contributed by atoms with Crippen LogP contribution in [-0.4, -0.2) is 52.3 Å².